The maximum atomic E-state index is 10.6. The van der Waals surface area contributed by atoms with Crippen LogP contribution in [0.15, 0.2) is 59.1 Å². The molecule has 0 aliphatic heterocycles. The minimum atomic E-state index is 0.121. The summed E-state index contributed by atoms with van der Waals surface area (Å²) in [5.74, 6) is 0.121. The molecule has 0 spiro atoms. The molecule has 0 saturated heterocycles. The quantitative estimate of drug-likeness (QED) is 0.617. The van der Waals surface area contributed by atoms with Gasteiger partial charge in [-0.2, -0.15) is 0 Å². The molecule has 0 atom stereocenters. The van der Waals surface area contributed by atoms with E-state index < -0.39 is 0 Å². The summed E-state index contributed by atoms with van der Waals surface area (Å²) in [6.07, 6.45) is 0.824. The average molecular weight is 305 g/mol. The molecule has 0 unspecified atom stereocenters. The average Bonchev–Trinajstić information content (AvgIpc) is 2.40. The van der Waals surface area contributed by atoms with Crippen molar-refractivity contribution in [1.82, 2.24) is 0 Å². The van der Waals surface area contributed by atoms with E-state index in [1.54, 1.807) is 19.1 Å². The third-order valence-electron chi connectivity index (χ3n) is 2.17. The van der Waals surface area contributed by atoms with Gasteiger partial charge in [0.15, 0.2) is 5.78 Å². The Balaban J connectivity index is 0.000000180. The summed E-state index contributed by atoms with van der Waals surface area (Å²) in [5.41, 5.74) is 1.47. The number of carbonyl (C=O) groups excluding carboxylic acids is 2. The molecular weight excluding hydrogens is 292 g/mol. The summed E-state index contributed by atoms with van der Waals surface area (Å²) in [6, 6.07) is 16.5. The first-order valence-electron chi connectivity index (χ1n) is 5.40. The van der Waals surface area contributed by atoms with Gasteiger partial charge < -0.3 is 0 Å². The normalized spacial score (nSPS) is 9.00. The van der Waals surface area contributed by atoms with Crippen molar-refractivity contribution in [2.75, 3.05) is 0 Å². The molecule has 0 saturated carbocycles. The van der Waals surface area contributed by atoms with Gasteiger partial charge >= 0.3 is 0 Å². The minimum Gasteiger partial charge on any atom is -0.298 e. The largest absolute Gasteiger partial charge is 0.298 e. The van der Waals surface area contributed by atoms with Crippen molar-refractivity contribution in [1.29, 1.82) is 0 Å². The van der Waals surface area contributed by atoms with E-state index in [2.05, 4.69) is 15.9 Å². The SMILES string of the molecule is CC(=O)c1ccccc1.O=Cc1cccc(Br)c1. The van der Waals surface area contributed by atoms with Gasteiger partial charge in [0, 0.05) is 15.6 Å². The molecule has 0 fully saturated rings. The van der Waals surface area contributed by atoms with Crippen molar-refractivity contribution >= 4 is 28.0 Å². The van der Waals surface area contributed by atoms with Crippen molar-refractivity contribution in [3.8, 4) is 0 Å². The van der Waals surface area contributed by atoms with Crippen LogP contribution in [0.4, 0.5) is 0 Å². The number of hydrogen-bond donors (Lipinski definition) is 0. The molecule has 0 aliphatic rings. The van der Waals surface area contributed by atoms with Crippen LogP contribution in [-0.4, -0.2) is 12.1 Å². The summed E-state index contributed by atoms with van der Waals surface area (Å²) in [7, 11) is 0. The van der Waals surface area contributed by atoms with E-state index in [0.29, 0.717) is 5.56 Å². The van der Waals surface area contributed by atoms with Crippen LogP contribution < -0.4 is 0 Å². The molecule has 2 nitrogen and oxygen atoms in total. The fraction of sp³-hybridized carbons (Fsp3) is 0.0667. The fourth-order valence-corrected chi connectivity index (χ4v) is 1.67. The third kappa shape index (κ3) is 5.06. The Kier molecular flexibility index (Phi) is 6.01. The third-order valence-corrected chi connectivity index (χ3v) is 2.66. The van der Waals surface area contributed by atoms with E-state index in [9.17, 15) is 9.59 Å². The molecule has 0 heterocycles. The molecule has 0 aromatic heterocycles. The van der Waals surface area contributed by atoms with Crippen molar-refractivity contribution in [2.24, 2.45) is 0 Å². The molecule has 0 bridgehead atoms. The molecule has 0 aliphatic carbocycles. The smallest absolute Gasteiger partial charge is 0.159 e. The van der Waals surface area contributed by atoms with Crippen LogP contribution in [0, 0.1) is 0 Å². The van der Waals surface area contributed by atoms with Gasteiger partial charge in [0.2, 0.25) is 0 Å². The zero-order valence-electron chi connectivity index (χ0n) is 9.97. The van der Waals surface area contributed by atoms with Crippen molar-refractivity contribution in [3.05, 3.63) is 70.2 Å². The first-order chi connectivity index (χ1) is 8.63. The lowest BCUT2D eigenvalue weighted by molar-refractivity contribution is 0.101. The molecular formula is C15H13BrO2. The molecule has 2 rings (SSSR count). The van der Waals surface area contributed by atoms with Gasteiger partial charge in [-0.3, -0.25) is 9.59 Å². The summed E-state index contributed by atoms with van der Waals surface area (Å²) in [5, 5.41) is 0. The first kappa shape index (κ1) is 14.3. The molecule has 2 aromatic carbocycles. The Bertz CT molecular complexity index is 521. The van der Waals surface area contributed by atoms with Crippen LogP contribution in [0.2, 0.25) is 0 Å². The molecule has 0 N–H and O–H groups in total. The predicted molar refractivity (Wildman–Crippen MR) is 76.0 cm³/mol. The first-order valence-corrected chi connectivity index (χ1v) is 6.19. The summed E-state index contributed by atoms with van der Waals surface area (Å²) in [6.45, 7) is 1.56. The maximum Gasteiger partial charge on any atom is 0.159 e. The van der Waals surface area contributed by atoms with Gasteiger partial charge in [-0.05, 0) is 19.1 Å². The number of Topliss-reactive ketones (excluding diaryl/α,β-unsaturated/α-hetero) is 1. The van der Waals surface area contributed by atoms with Crippen molar-refractivity contribution < 1.29 is 9.59 Å². The Labute approximate surface area is 115 Å². The second-order valence-electron chi connectivity index (χ2n) is 3.60. The highest BCUT2D eigenvalue weighted by Gasteiger charge is 1.92. The number of rotatable bonds is 2. The van der Waals surface area contributed by atoms with Gasteiger partial charge in [-0.15, -0.1) is 0 Å². The Morgan fingerprint density at radius 1 is 1.06 bits per heavy atom. The lowest BCUT2D eigenvalue weighted by Crippen LogP contribution is -1.88. The van der Waals surface area contributed by atoms with Crippen LogP contribution in [-0.2, 0) is 0 Å². The zero-order valence-corrected chi connectivity index (χ0v) is 11.6. The number of benzene rings is 2. The van der Waals surface area contributed by atoms with Gasteiger partial charge in [-0.25, -0.2) is 0 Å². The highest BCUT2D eigenvalue weighted by Crippen LogP contribution is 2.09. The second-order valence-corrected chi connectivity index (χ2v) is 4.51. The Morgan fingerprint density at radius 3 is 2.11 bits per heavy atom. The van der Waals surface area contributed by atoms with Gasteiger partial charge in [-0.1, -0.05) is 58.4 Å². The predicted octanol–water partition coefficient (Wildman–Crippen LogP) is 4.15. The fourth-order valence-electron chi connectivity index (χ4n) is 1.25. The zero-order chi connectivity index (χ0) is 13.4. The highest BCUT2D eigenvalue weighted by atomic mass is 79.9. The number of ketones is 1. The van der Waals surface area contributed by atoms with Gasteiger partial charge in [0.25, 0.3) is 0 Å². The van der Waals surface area contributed by atoms with Crippen molar-refractivity contribution in [2.45, 2.75) is 6.92 Å². The molecule has 2 aromatic rings. The van der Waals surface area contributed by atoms with Crippen LogP contribution in [0.3, 0.4) is 0 Å². The summed E-state index contributed by atoms with van der Waals surface area (Å²) in [4.78, 5) is 20.8. The molecule has 0 amide bonds. The van der Waals surface area contributed by atoms with E-state index >= 15 is 0 Å². The van der Waals surface area contributed by atoms with E-state index in [4.69, 9.17) is 0 Å². The lowest BCUT2D eigenvalue weighted by atomic mass is 10.2. The highest BCUT2D eigenvalue weighted by molar-refractivity contribution is 9.10. The number of hydrogen-bond acceptors (Lipinski definition) is 2. The van der Waals surface area contributed by atoms with Crippen LogP contribution in [0.5, 0.6) is 0 Å². The molecule has 92 valence electrons. The van der Waals surface area contributed by atoms with Gasteiger partial charge in [0.1, 0.15) is 6.29 Å². The van der Waals surface area contributed by atoms with E-state index in [1.165, 1.54) is 0 Å². The monoisotopic (exact) mass is 304 g/mol. The maximum absolute atomic E-state index is 10.6. The summed E-state index contributed by atoms with van der Waals surface area (Å²) < 4.78 is 0.937. The topological polar surface area (TPSA) is 34.1 Å². The van der Waals surface area contributed by atoms with E-state index in [-0.39, 0.29) is 5.78 Å². The van der Waals surface area contributed by atoms with Crippen LogP contribution in [0.1, 0.15) is 27.6 Å². The Hall–Kier alpha value is -1.74. The summed E-state index contributed by atoms with van der Waals surface area (Å²) >= 11 is 3.24. The standard InChI is InChI=1S/C8H8O.C7H5BrO/c1-7(9)8-5-3-2-4-6-8;8-7-3-1-2-6(4-7)5-9/h2-6H,1H3;1-5H. The number of aldehydes is 1. The van der Waals surface area contributed by atoms with E-state index in [1.807, 2.05) is 42.5 Å². The lowest BCUT2D eigenvalue weighted by Gasteiger charge is -1.89. The van der Waals surface area contributed by atoms with Gasteiger partial charge in [0.05, 0.1) is 0 Å². The second kappa shape index (κ2) is 7.56. The molecule has 3 heteroatoms. The van der Waals surface area contributed by atoms with Crippen molar-refractivity contribution in [3.63, 3.8) is 0 Å². The van der Waals surface area contributed by atoms with Crippen LogP contribution >= 0.6 is 15.9 Å². The van der Waals surface area contributed by atoms with E-state index in [0.717, 1.165) is 16.3 Å². The minimum absolute atomic E-state index is 0.121. The Morgan fingerprint density at radius 2 is 1.72 bits per heavy atom. The van der Waals surface area contributed by atoms with Crippen LogP contribution in [0.25, 0.3) is 0 Å². The number of halogens is 1. The molecule has 0 radical (unpaired) electrons. The molecule has 18 heavy (non-hydrogen) atoms. The number of carbonyl (C=O) groups is 2.